The second-order valence-electron chi connectivity index (χ2n) is 7.52. The summed E-state index contributed by atoms with van der Waals surface area (Å²) in [6.07, 6.45) is -1.01. The average molecular weight is 463 g/mol. The molecule has 0 spiro atoms. The fraction of sp³-hybridized carbons (Fsp3) is 0.192. The smallest absolute Gasteiger partial charge is 0.340 e. The first-order valence-corrected chi connectivity index (χ1v) is 11.4. The zero-order valence-electron chi connectivity index (χ0n) is 18.8. The van der Waals surface area contributed by atoms with Gasteiger partial charge in [-0.3, -0.25) is 9.59 Å². The van der Waals surface area contributed by atoms with Crippen LogP contribution >= 0.6 is 11.8 Å². The monoisotopic (exact) mass is 462 g/mol. The number of carbonyl (C=O) groups excluding carboxylic acids is 3. The second-order valence-corrected chi connectivity index (χ2v) is 8.54. The van der Waals surface area contributed by atoms with E-state index in [1.165, 1.54) is 23.6 Å². The van der Waals surface area contributed by atoms with Gasteiger partial charge in [0.1, 0.15) is 0 Å². The average Bonchev–Trinajstić information content (AvgIpc) is 2.83. The Morgan fingerprint density at radius 2 is 1.55 bits per heavy atom. The Balaban J connectivity index is 1.68. The van der Waals surface area contributed by atoms with E-state index in [0.717, 1.165) is 11.1 Å². The van der Waals surface area contributed by atoms with Gasteiger partial charge in [0.15, 0.2) is 6.10 Å². The van der Waals surface area contributed by atoms with Crippen LogP contribution in [0.3, 0.4) is 0 Å². The third kappa shape index (κ3) is 6.46. The highest BCUT2D eigenvalue weighted by atomic mass is 32.2. The van der Waals surface area contributed by atoms with E-state index < -0.39 is 18.0 Å². The lowest BCUT2D eigenvalue weighted by molar-refractivity contribution is -0.126. The van der Waals surface area contributed by atoms with Gasteiger partial charge in [-0.2, -0.15) is 0 Å². The maximum absolute atomic E-state index is 12.8. The number of anilines is 1. The molecule has 3 aromatic carbocycles. The molecule has 0 aromatic heterocycles. The van der Waals surface area contributed by atoms with Crippen molar-refractivity contribution in [3.63, 3.8) is 0 Å². The first-order valence-electron chi connectivity index (χ1n) is 10.4. The van der Waals surface area contributed by atoms with E-state index >= 15 is 0 Å². The van der Waals surface area contributed by atoms with Crippen molar-refractivity contribution >= 4 is 35.2 Å². The Hall–Kier alpha value is -3.58. The van der Waals surface area contributed by atoms with Crippen LogP contribution in [0.25, 0.3) is 11.1 Å². The number of nitrogens with zero attached hydrogens (tertiary/aromatic N) is 1. The molecule has 0 radical (unpaired) electrons. The molecule has 3 aromatic rings. The SMILES string of the molecule is C[C@@H](OC(=O)c1ccccc1SCC(=O)N(C)C)C(=O)Nc1ccccc1-c1ccccc1. The summed E-state index contributed by atoms with van der Waals surface area (Å²) >= 11 is 1.26. The van der Waals surface area contributed by atoms with Crippen LogP contribution in [0.2, 0.25) is 0 Å². The molecule has 0 saturated heterocycles. The van der Waals surface area contributed by atoms with Gasteiger partial charge < -0.3 is 15.0 Å². The quantitative estimate of drug-likeness (QED) is 0.387. The van der Waals surface area contributed by atoms with E-state index in [0.29, 0.717) is 16.1 Å². The summed E-state index contributed by atoms with van der Waals surface area (Å²) in [7, 11) is 3.36. The first-order chi connectivity index (χ1) is 15.9. The van der Waals surface area contributed by atoms with E-state index in [-0.39, 0.29) is 11.7 Å². The van der Waals surface area contributed by atoms with Crippen LogP contribution in [0.15, 0.2) is 83.8 Å². The zero-order chi connectivity index (χ0) is 23.8. The highest BCUT2D eigenvalue weighted by molar-refractivity contribution is 8.00. The minimum absolute atomic E-state index is 0.0620. The maximum Gasteiger partial charge on any atom is 0.340 e. The minimum atomic E-state index is -1.01. The summed E-state index contributed by atoms with van der Waals surface area (Å²) in [5.74, 6) is -0.911. The highest BCUT2D eigenvalue weighted by Gasteiger charge is 2.22. The largest absolute Gasteiger partial charge is 0.449 e. The molecule has 0 aliphatic carbocycles. The standard InChI is InChI=1S/C26H26N2O4S/c1-18(25(30)27-22-15-9-7-13-20(22)19-11-5-4-6-12-19)32-26(31)21-14-8-10-16-23(21)33-17-24(29)28(2)3/h4-16,18H,17H2,1-3H3,(H,27,30)/t18-/m1/s1. The van der Waals surface area contributed by atoms with Gasteiger partial charge >= 0.3 is 5.97 Å². The van der Waals surface area contributed by atoms with Crippen LogP contribution in [-0.2, 0) is 14.3 Å². The predicted molar refractivity (Wildman–Crippen MR) is 131 cm³/mol. The molecule has 0 unspecified atom stereocenters. The first kappa shape index (κ1) is 24.1. The number of rotatable bonds is 8. The summed E-state index contributed by atoms with van der Waals surface area (Å²) in [6, 6.07) is 24.1. The third-order valence-corrected chi connectivity index (χ3v) is 5.94. The van der Waals surface area contributed by atoms with Gasteiger partial charge in [-0.1, -0.05) is 60.7 Å². The number of hydrogen-bond donors (Lipinski definition) is 1. The number of hydrogen-bond acceptors (Lipinski definition) is 5. The number of amides is 2. The Morgan fingerprint density at radius 1 is 0.909 bits per heavy atom. The van der Waals surface area contributed by atoms with Crippen molar-refractivity contribution in [2.45, 2.75) is 17.9 Å². The fourth-order valence-corrected chi connectivity index (χ4v) is 4.02. The molecule has 0 heterocycles. The Kier molecular flexibility index (Phi) is 8.27. The fourth-order valence-electron chi connectivity index (χ4n) is 3.00. The van der Waals surface area contributed by atoms with Gasteiger partial charge in [-0.25, -0.2) is 4.79 Å². The lowest BCUT2D eigenvalue weighted by Gasteiger charge is -2.17. The van der Waals surface area contributed by atoms with E-state index in [1.807, 2.05) is 54.6 Å². The van der Waals surface area contributed by atoms with Crippen LogP contribution in [0, 0.1) is 0 Å². The van der Waals surface area contributed by atoms with Crippen molar-refractivity contribution in [2.24, 2.45) is 0 Å². The molecule has 0 aliphatic heterocycles. The van der Waals surface area contributed by atoms with Gasteiger partial charge in [0.2, 0.25) is 5.91 Å². The van der Waals surface area contributed by atoms with E-state index in [4.69, 9.17) is 4.74 Å². The molecule has 3 rings (SSSR count). The van der Waals surface area contributed by atoms with Crippen LogP contribution in [0.5, 0.6) is 0 Å². The number of ether oxygens (including phenoxy) is 1. The number of benzene rings is 3. The molecule has 6 nitrogen and oxygen atoms in total. The summed E-state index contributed by atoms with van der Waals surface area (Å²) < 4.78 is 5.45. The summed E-state index contributed by atoms with van der Waals surface area (Å²) in [5, 5.41) is 2.86. The van der Waals surface area contributed by atoms with Gasteiger partial charge in [-0.15, -0.1) is 11.8 Å². The molecular formula is C26H26N2O4S. The molecule has 1 N–H and O–H groups in total. The molecule has 0 fully saturated rings. The lowest BCUT2D eigenvalue weighted by atomic mass is 10.0. The highest BCUT2D eigenvalue weighted by Crippen LogP contribution is 2.28. The van der Waals surface area contributed by atoms with Crippen LogP contribution < -0.4 is 5.32 Å². The topological polar surface area (TPSA) is 75.7 Å². The van der Waals surface area contributed by atoms with Crippen molar-refractivity contribution in [3.05, 3.63) is 84.4 Å². The normalized spacial score (nSPS) is 11.4. The Labute approximate surface area is 197 Å². The number of carbonyl (C=O) groups is 3. The van der Waals surface area contributed by atoms with E-state index in [9.17, 15) is 14.4 Å². The van der Waals surface area contributed by atoms with Crippen LogP contribution in [0.4, 0.5) is 5.69 Å². The molecule has 2 amide bonds. The molecule has 7 heteroatoms. The minimum Gasteiger partial charge on any atom is -0.449 e. The van der Waals surface area contributed by atoms with Crippen molar-refractivity contribution in [3.8, 4) is 11.1 Å². The third-order valence-electron chi connectivity index (χ3n) is 4.88. The number of thioether (sulfide) groups is 1. The van der Waals surface area contributed by atoms with Crippen LogP contribution in [0.1, 0.15) is 17.3 Å². The number of nitrogens with one attached hydrogen (secondary N) is 1. The molecule has 33 heavy (non-hydrogen) atoms. The molecule has 1 atom stereocenters. The van der Waals surface area contributed by atoms with Crippen molar-refractivity contribution < 1.29 is 19.1 Å². The summed E-state index contributed by atoms with van der Waals surface area (Å²) in [6.45, 7) is 1.53. The van der Waals surface area contributed by atoms with Crippen molar-refractivity contribution in [1.82, 2.24) is 4.90 Å². The lowest BCUT2D eigenvalue weighted by Crippen LogP contribution is -2.30. The maximum atomic E-state index is 12.8. The molecule has 170 valence electrons. The second kappa shape index (κ2) is 11.3. The van der Waals surface area contributed by atoms with Gasteiger partial charge in [0.05, 0.1) is 11.3 Å². The van der Waals surface area contributed by atoms with E-state index in [1.54, 1.807) is 38.4 Å². The molecule has 0 saturated carbocycles. The van der Waals surface area contributed by atoms with Gasteiger partial charge in [0, 0.05) is 30.2 Å². The summed E-state index contributed by atoms with van der Waals surface area (Å²) in [5.41, 5.74) is 2.79. The summed E-state index contributed by atoms with van der Waals surface area (Å²) in [4.78, 5) is 39.6. The van der Waals surface area contributed by atoms with Gasteiger partial charge in [0.25, 0.3) is 5.91 Å². The predicted octanol–water partition coefficient (Wildman–Crippen LogP) is 4.72. The van der Waals surface area contributed by atoms with Crippen molar-refractivity contribution in [2.75, 3.05) is 25.2 Å². The van der Waals surface area contributed by atoms with E-state index in [2.05, 4.69) is 5.32 Å². The number of esters is 1. The number of para-hydroxylation sites is 1. The molecular weight excluding hydrogens is 436 g/mol. The molecule has 0 bridgehead atoms. The zero-order valence-corrected chi connectivity index (χ0v) is 19.6. The van der Waals surface area contributed by atoms with Crippen molar-refractivity contribution in [1.29, 1.82) is 0 Å². The Bertz CT molecular complexity index is 1130. The Morgan fingerprint density at radius 3 is 2.27 bits per heavy atom. The van der Waals surface area contributed by atoms with Crippen LogP contribution in [-0.4, -0.2) is 48.6 Å². The van der Waals surface area contributed by atoms with Gasteiger partial charge in [-0.05, 0) is 30.7 Å². The molecule has 0 aliphatic rings.